The SMILES string of the molecule is c1ccc(-c2nc(-c3ccc(-c4ccc5sc6ccc7c(-c8ccccc8)nc8ccccc8c7c6c5c4)cc3)nc(-c3cccc4sc5ccccc5c34)n2)cc1. The van der Waals surface area contributed by atoms with Gasteiger partial charge in [-0.15, -0.1) is 22.7 Å². The molecule has 0 aliphatic carbocycles. The molecule has 4 nitrogen and oxygen atoms in total. The van der Waals surface area contributed by atoms with Crippen molar-refractivity contribution in [1.29, 1.82) is 0 Å². The van der Waals surface area contributed by atoms with Crippen LogP contribution in [-0.2, 0) is 0 Å². The number of pyridine rings is 1. The van der Waals surface area contributed by atoms with Gasteiger partial charge < -0.3 is 0 Å². The maximum absolute atomic E-state index is 5.20. The second-order valence-electron chi connectivity index (χ2n) is 14.5. The molecule has 4 aromatic heterocycles. The molecule has 0 bridgehead atoms. The third kappa shape index (κ3) is 5.34. The molecule has 0 radical (unpaired) electrons. The van der Waals surface area contributed by atoms with Crippen molar-refractivity contribution in [3.8, 4) is 56.5 Å². The third-order valence-corrected chi connectivity index (χ3v) is 13.4. The molecule has 0 saturated carbocycles. The van der Waals surface area contributed by atoms with E-state index in [4.69, 9.17) is 19.9 Å². The van der Waals surface area contributed by atoms with E-state index in [0.717, 1.165) is 44.6 Å². The molecular formula is C52H30N4S2. The molecule has 6 heteroatoms. The molecule has 12 aromatic rings. The first kappa shape index (κ1) is 33.1. The lowest BCUT2D eigenvalue weighted by Gasteiger charge is -2.12. The fourth-order valence-electron chi connectivity index (χ4n) is 8.42. The maximum Gasteiger partial charge on any atom is 0.164 e. The molecule has 0 saturated heterocycles. The smallest absolute Gasteiger partial charge is 0.164 e. The summed E-state index contributed by atoms with van der Waals surface area (Å²) < 4.78 is 5.01. The van der Waals surface area contributed by atoms with E-state index in [-0.39, 0.29) is 0 Å². The van der Waals surface area contributed by atoms with Crippen LogP contribution in [0, 0.1) is 0 Å². The van der Waals surface area contributed by atoms with E-state index in [0.29, 0.717) is 17.5 Å². The van der Waals surface area contributed by atoms with Crippen LogP contribution in [0.1, 0.15) is 0 Å². The highest BCUT2D eigenvalue weighted by atomic mass is 32.1. The normalized spacial score (nSPS) is 11.8. The zero-order chi connectivity index (χ0) is 38.2. The number of fused-ring (bicyclic) bond motifs is 10. The minimum Gasteiger partial charge on any atom is -0.247 e. The monoisotopic (exact) mass is 774 g/mol. The lowest BCUT2D eigenvalue weighted by atomic mass is 9.95. The predicted molar refractivity (Wildman–Crippen MR) is 246 cm³/mol. The summed E-state index contributed by atoms with van der Waals surface area (Å²) in [4.78, 5) is 20.5. The summed E-state index contributed by atoms with van der Waals surface area (Å²) in [6.07, 6.45) is 0. The number of benzene rings is 8. The molecule has 12 rings (SSSR count). The molecule has 0 N–H and O–H groups in total. The Balaban J connectivity index is 1.000. The summed E-state index contributed by atoms with van der Waals surface area (Å²) in [5.41, 5.74) is 8.33. The summed E-state index contributed by atoms with van der Waals surface area (Å²) in [5, 5.41) is 8.54. The number of hydrogen-bond donors (Lipinski definition) is 0. The van der Waals surface area contributed by atoms with Crippen LogP contribution in [-0.4, -0.2) is 19.9 Å². The second-order valence-corrected chi connectivity index (χ2v) is 16.7. The Morgan fingerprint density at radius 3 is 1.66 bits per heavy atom. The van der Waals surface area contributed by atoms with Gasteiger partial charge in [0, 0.05) is 78.8 Å². The van der Waals surface area contributed by atoms with E-state index in [1.807, 2.05) is 29.5 Å². The zero-order valence-corrected chi connectivity index (χ0v) is 32.6. The van der Waals surface area contributed by atoms with Crippen LogP contribution in [0.2, 0.25) is 0 Å². The number of para-hydroxylation sites is 1. The summed E-state index contributed by atoms with van der Waals surface area (Å²) in [6, 6.07) is 64.3. The Morgan fingerprint density at radius 2 is 0.862 bits per heavy atom. The number of thiophene rings is 2. The summed E-state index contributed by atoms with van der Waals surface area (Å²) in [6.45, 7) is 0. The predicted octanol–water partition coefficient (Wildman–Crippen LogP) is 14.6. The van der Waals surface area contributed by atoms with E-state index in [2.05, 4.69) is 164 Å². The third-order valence-electron chi connectivity index (χ3n) is 11.1. The summed E-state index contributed by atoms with van der Waals surface area (Å²) >= 11 is 3.65. The molecule has 4 heterocycles. The van der Waals surface area contributed by atoms with Gasteiger partial charge in [-0.3, -0.25) is 0 Å². The van der Waals surface area contributed by atoms with Crippen LogP contribution in [0.25, 0.3) is 119 Å². The first-order valence-corrected chi connectivity index (χ1v) is 20.9. The Labute approximate surface area is 341 Å². The molecule has 0 unspecified atom stereocenters. The fraction of sp³-hybridized carbons (Fsp3) is 0. The highest BCUT2D eigenvalue weighted by Crippen LogP contribution is 2.45. The number of rotatable bonds is 5. The van der Waals surface area contributed by atoms with Gasteiger partial charge in [0.15, 0.2) is 17.5 Å². The van der Waals surface area contributed by atoms with Gasteiger partial charge in [-0.2, -0.15) is 0 Å². The van der Waals surface area contributed by atoms with Gasteiger partial charge in [-0.1, -0.05) is 146 Å². The number of hydrogen-bond acceptors (Lipinski definition) is 6. The molecule has 8 aromatic carbocycles. The van der Waals surface area contributed by atoms with Crippen LogP contribution in [0.15, 0.2) is 182 Å². The fourth-order valence-corrected chi connectivity index (χ4v) is 10.6. The van der Waals surface area contributed by atoms with Gasteiger partial charge in [0.2, 0.25) is 0 Å². The van der Waals surface area contributed by atoms with Crippen LogP contribution < -0.4 is 0 Å². The minimum atomic E-state index is 0.646. The van der Waals surface area contributed by atoms with Crippen LogP contribution in [0.4, 0.5) is 0 Å². The van der Waals surface area contributed by atoms with Crippen LogP contribution in [0.5, 0.6) is 0 Å². The lowest BCUT2D eigenvalue weighted by molar-refractivity contribution is 1.08. The molecule has 0 fully saturated rings. The largest absolute Gasteiger partial charge is 0.247 e. The Morgan fingerprint density at radius 1 is 0.293 bits per heavy atom. The van der Waals surface area contributed by atoms with Gasteiger partial charge in [0.25, 0.3) is 0 Å². The number of nitrogens with zero attached hydrogens (tertiary/aromatic N) is 4. The van der Waals surface area contributed by atoms with E-state index in [1.165, 1.54) is 56.5 Å². The van der Waals surface area contributed by atoms with Gasteiger partial charge in [0.05, 0.1) is 11.2 Å². The molecular weight excluding hydrogens is 745 g/mol. The van der Waals surface area contributed by atoms with Crippen molar-refractivity contribution in [1.82, 2.24) is 19.9 Å². The topological polar surface area (TPSA) is 51.6 Å². The lowest BCUT2D eigenvalue weighted by Crippen LogP contribution is -2.00. The Kier molecular flexibility index (Phi) is 7.55. The van der Waals surface area contributed by atoms with Crippen molar-refractivity contribution in [3.63, 3.8) is 0 Å². The van der Waals surface area contributed by atoms with E-state index in [1.54, 1.807) is 11.3 Å². The van der Waals surface area contributed by atoms with Gasteiger partial charge in [0.1, 0.15) is 0 Å². The average Bonchev–Trinajstić information content (AvgIpc) is 3.87. The van der Waals surface area contributed by atoms with Crippen molar-refractivity contribution in [2.45, 2.75) is 0 Å². The molecule has 0 aliphatic heterocycles. The average molecular weight is 775 g/mol. The molecule has 0 spiro atoms. The molecule has 58 heavy (non-hydrogen) atoms. The zero-order valence-electron chi connectivity index (χ0n) is 30.9. The van der Waals surface area contributed by atoms with Gasteiger partial charge in [-0.25, -0.2) is 19.9 Å². The molecule has 0 atom stereocenters. The van der Waals surface area contributed by atoms with Crippen molar-refractivity contribution >= 4 is 84.7 Å². The quantitative estimate of drug-likeness (QED) is 0.163. The van der Waals surface area contributed by atoms with E-state index in [9.17, 15) is 0 Å². The second kappa shape index (κ2) is 13.2. The minimum absolute atomic E-state index is 0.646. The van der Waals surface area contributed by atoms with E-state index >= 15 is 0 Å². The van der Waals surface area contributed by atoms with Gasteiger partial charge in [-0.05, 0) is 47.5 Å². The van der Waals surface area contributed by atoms with Crippen LogP contribution in [0.3, 0.4) is 0 Å². The first-order chi connectivity index (χ1) is 28.7. The summed E-state index contributed by atoms with van der Waals surface area (Å²) in [7, 11) is 0. The highest BCUT2D eigenvalue weighted by molar-refractivity contribution is 7.26. The standard InChI is InChI=1S/C52H30N4S2/c1-3-12-32(13-4-1)49-38-27-29-45-48(47(38)36-16-7-9-19-41(36)53-49)40-30-35(26-28-43(40)58-45)31-22-24-34(25-23-31)51-54-50(33-14-5-2-6-15-33)55-52(56-51)39-18-11-21-44-46(39)37-17-8-10-20-42(37)57-44/h1-30H. The van der Waals surface area contributed by atoms with Crippen molar-refractivity contribution in [3.05, 3.63) is 182 Å². The summed E-state index contributed by atoms with van der Waals surface area (Å²) in [5.74, 6) is 1.97. The molecule has 0 amide bonds. The van der Waals surface area contributed by atoms with Crippen LogP contribution >= 0.6 is 22.7 Å². The highest BCUT2D eigenvalue weighted by Gasteiger charge is 2.19. The van der Waals surface area contributed by atoms with Crippen molar-refractivity contribution < 1.29 is 0 Å². The van der Waals surface area contributed by atoms with Crippen molar-refractivity contribution in [2.75, 3.05) is 0 Å². The van der Waals surface area contributed by atoms with Crippen molar-refractivity contribution in [2.24, 2.45) is 0 Å². The molecule has 270 valence electrons. The Bertz CT molecular complexity index is 3560. The van der Waals surface area contributed by atoms with E-state index < -0.39 is 0 Å². The number of aromatic nitrogens is 4. The molecule has 0 aliphatic rings. The maximum atomic E-state index is 5.20. The van der Waals surface area contributed by atoms with Gasteiger partial charge >= 0.3 is 0 Å². The Hall–Kier alpha value is -7.12. The first-order valence-electron chi connectivity index (χ1n) is 19.3.